The zero-order valence-electron chi connectivity index (χ0n) is 19.9. The van der Waals surface area contributed by atoms with Gasteiger partial charge in [0.2, 0.25) is 5.91 Å². The number of halogens is 1. The van der Waals surface area contributed by atoms with Gasteiger partial charge in [-0.3, -0.25) is 15.0 Å². The molecule has 0 aromatic heterocycles. The first-order valence-electron chi connectivity index (χ1n) is 11.8. The van der Waals surface area contributed by atoms with E-state index in [4.69, 9.17) is 9.47 Å². The minimum atomic E-state index is -0.706. The fourth-order valence-corrected chi connectivity index (χ4v) is 4.42. The van der Waals surface area contributed by atoms with E-state index in [0.717, 1.165) is 23.1 Å². The highest BCUT2D eigenvalue weighted by Gasteiger charge is 2.33. The van der Waals surface area contributed by atoms with Gasteiger partial charge in [-0.05, 0) is 54.3 Å². The Labute approximate surface area is 199 Å². The van der Waals surface area contributed by atoms with Crippen LogP contribution in [0.2, 0.25) is 0 Å². The third kappa shape index (κ3) is 5.39. The van der Waals surface area contributed by atoms with E-state index >= 15 is 0 Å². The number of carbonyl (C=O) groups excluding carboxylic acids is 2. The Hall–Kier alpha value is -2.97. The van der Waals surface area contributed by atoms with Crippen LogP contribution >= 0.6 is 0 Å². The highest BCUT2D eigenvalue weighted by Crippen LogP contribution is 2.38. The van der Waals surface area contributed by atoms with Gasteiger partial charge in [0.25, 0.3) is 5.91 Å². The zero-order valence-corrected chi connectivity index (χ0v) is 19.9. The number of morpholine rings is 1. The molecule has 0 bridgehead atoms. The van der Waals surface area contributed by atoms with Gasteiger partial charge in [0, 0.05) is 25.6 Å². The van der Waals surface area contributed by atoms with E-state index in [-0.39, 0.29) is 29.6 Å². The second-order valence-electron chi connectivity index (χ2n) is 9.09. The van der Waals surface area contributed by atoms with Crippen LogP contribution in [0.4, 0.5) is 4.39 Å². The van der Waals surface area contributed by atoms with Gasteiger partial charge in [-0.15, -0.1) is 0 Å². The molecule has 7 nitrogen and oxygen atoms in total. The van der Waals surface area contributed by atoms with Gasteiger partial charge < -0.3 is 14.4 Å². The molecule has 1 N–H and O–H groups in total. The van der Waals surface area contributed by atoms with Crippen molar-refractivity contribution in [3.05, 3.63) is 65.0 Å². The van der Waals surface area contributed by atoms with Crippen molar-refractivity contribution in [1.82, 2.24) is 15.3 Å². The summed E-state index contributed by atoms with van der Waals surface area (Å²) in [4.78, 5) is 27.5. The number of ether oxygens (including phenoxy) is 2. The van der Waals surface area contributed by atoms with E-state index in [0.29, 0.717) is 38.6 Å². The molecule has 34 heavy (non-hydrogen) atoms. The number of hydrazine groups is 1. The molecule has 0 radical (unpaired) electrons. The maximum Gasteiger partial charge on any atom is 0.275 e. The summed E-state index contributed by atoms with van der Waals surface area (Å²) in [6, 6.07) is 11.7. The highest BCUT2D eigenvalue weighted by atomic mass is 19.1. The summed E-state index contributed by atoms with van der Waals surface area (Å²) in [6.07, 6.45) is 0.0147. The third-order valence-electron chi connectivity index (χ3n) is 6.27. The molecule has 0 aliphatic carbocycles. The molecule has 2 heterocycles. The van der Waals surface area contributed by atoms with Crippen molar-refractivity contribution in [1.29, 1.82) is 0 Å². The van der Waals surface area contributed by atoms with Crippen molar-refractivity contribution in [3.63, 3.8) is 0 Å². The van der Waals surface area contributed by atoms with Crippen LogP contribution in [-0.4, -0.2) is 60.7 Å². The first-order chi connectivity index (χ1) is 16.3. The lowest BCUT2D eigenvalue weighted by Crippen LogP contribution is -2.51. The van der Waals surface area contributed by atoms with Gasteiger partial charge in [0.15, 0.2) is 6.10 Å². The van der Waals surface area contributed by atoms with Gasteiger partial charge >= 0.3 is 0 Å². The molecule has 0 saturated carbocycles. The predicted molar refractivity (Wildman–Crippen MR) is 126 cm³/mol. The molecule has 2 aromatic carbocycles. The highest BCUT2D eigenvalue weighted by molar-refractivity contribution is 5.80. The van der Waals surface area contributed by atoms with Crippen molar-refractivity contribution in [2.24, 2.45) is 5.92 Å². The SMILES string of the molecule is CC(C)C(=O)N1CCc2ccc(O[C@H](C)C(=O)NN3CCOCC3)cc2[C@@H]1c1ccc(F)cc1. The van der Waals surface area contributed by atoms with Gasteiger partial charge in [0.05, 0.1) is 19.3 Å². The van der Waals surface area contributed by atoms with E-state index in [1.54, 1.807) is 19.1 Å². The van der Waals surface area contributed by atoms with Crippen molar-refractivity contribution < 1.29 is 23.5 Å². The van der Waals surface area contributed by atoms with Crippen molar-refractivity contribution in [3.8, 4) is 5.75 Å². The molecule has 2 amide bonds. The third-order valence-corrected chi connectivity index (χ3v) is 6.27. The number of rotatable bonds is 6. The van der Waals surface area contributed by atoms with Crippen LogP contribution in [0.3, 0.4) is 0 Å². The van der Waals surface area contributed by atoms with E-state index < -0.39 is 6.10 Å². The van der Waals surface area contributed by atoms with Crippen molar-refractivity contribution in [2.75, 3.05) is 32.8 Å². The standard InChI is InChI=1S/C26H32FN3O4/c1-17(2)26(32)30-11-10-19-6-9-22(16-23(19)24(30)20-4-7-21(27)8-5-20)34-18(3)25(31)28-29-12-14-33-15-13-29/h4-9,16-18,24H,10-15H2,1-3H3,(H,28,31)/t18-,24+/m1/s1. The fourth-order valence-electron chi connectivity index (χ4n) is 4.42. The average Bonchev–Trinajstić information content (AvgIpc) is 2.84. The molecule has 8 heteroatoms. The number of nitrogens with one attached hydrogen (secondary N) is 1. The molecule has 0 unspecified atom stereocenters. The molecular weight excluding hydrogens is 437 g/mol. The lowest BCUT2D eigenvalue weighted by molar-refractivity contribution is -0.136. The molecule has 0 spiro atoms. The van der Waals surface area contributed by atoms with Gasteiger partial charge in [-0.1, -0.05) is 32.0 Å². The second-order valence-corrected chi connectivity index (χ2v) is 9.09. The van der Waals surface area contributed by atoms with Crippen LogP contribution in [0.5, 0.6) is 5.75 Å². The van der Waals surface area contributed by atoms with E-state index in [1.165, 1.54) is 12.1 Å². The van der Waals surface area contributed by atoms with Gasteiger partial charge in [-0.25, -0.2) is 9.40 Å². The zero-order chi connectivity index (χ0) is 24.2. The number of hydrogen-bond donors (Lipinski definition) is 1. The van der Waals surface area contributed by atoms with Crippen LogP contribution in [0, 0.1) is 11.7 Å². The second kappa shape index (κ2) is 10.5. The van der Waals surface area contributed by atoms with Crippen molar-refractivity contribution in [2.45, 2.75) is 39.3 Å². The normalized spacial score (nSPS) is 19.4. The van der Waals surface area contributed by atoms with Gasteiger partial charge in [-0.2, -0.15) is 0 Å². The molecule has 182 valence electrons. The fraction of sp³-hybridized carbons (Fsp3) is 0.462. The minimum absolute atomic E-state index is 0.0459. The molecule has 4 rings (SSSR count). The summed E-state index contributed by atoms with van der Waals surface area (Å²) >= 11 is 0. The Morgan fingerprint density at radius 3 is 2.44 bits per heavy atom. The maximum absolute atomic E-state index is 13.6. The summed E-state index contributed by atoms with van der Waals surface area (Å²) in [7, 11) is 0. The van der Waals surface area contributed by atoms with Crippen LogP contribution in [-0.2, 0) is 20.7 Å². The van der Waals surface area contributed by atoms with E-state index in [2.05, 4.69) is 5.43 Å². The number of nitrogens with zero attached hydrogens (tertiary/aromatic N) is 2. The molecule has 2 aliphatic rings. The Morgan fingerprint density at radius 2 is 1.76 bits per heavy atom. The number of fused-ring (bicyclic) bond motifs is 1. The number of hydrogen-bond acceptors (Lipinski definition) is 5. The molecule has 2 aliphatic heterocycles. The average molecular weight is 470 g/mol. The lowest BCUT2D eigenvalue weighted by Gasteiger charge is -2.39. The molecule has 2 aromatic rings. The van der Waals surface area contributed by atoms with Gasteiger partial charge in [0.1, 0.15) is 11.6 Å². The Morgan fingerprint density at radius 1 is 1.06 bits per heavy atom. The summed E-state index contributed by atoms with van der Waals surface area (Å²) in [5.41, 5.74) is 5.76. The first-order valence-corrected chi connectivity index (χ1v) is 11.8. The smallest absolute Gasteiger partial charge is 0.275 e. The summed E-state index contributed by atoms with van der Waals surface area (Å²) in [5, 5.41) is 1.83. The monoisotopic (exact) mass is 469 g/mol. The predicted octanol–water partition coefficient (Wildman–Crippen LogP) is 3.09. The maximum atomic E-state index is 13.6. The van der Waals surface area contributed by atoms with Crippen LogP contribution in [0.1, 0.15) is 43.5 Å². The van der Waals surface area contributed by atoms with E-state index in [9.17, 15) is 14.0 Å². The molecule has 2 atom stereocenters. The number of carbonyl (C=O) groups is 2. The Kier molecular flexibility index (Phi) is 7.48. The Bertz CT molecular complexity index is 1020. The number of amides is 2. The lowest BCUT2D eigenvalue weighted by atomic mass is 9.87. The summed E-state index contributed by atoms with van der Waals surface area (Å²) in [5.74, 6) is -0.114. The first kappa shape index (κ1) is 24.2. The quantitative estimate of drug-likeness (QED) is 0.704. The topological polar surface area (TPSA) is 71.1 Å². The largest absolute Gasteiger partial charge is 0.481 e. The van der Waals surface area contributed by atoms with Crippen LogP contribution in [0.25, 0.3) is 0 Å². The molecule has 1 fully saturated rings. The summed E-state index contributed by atoms with van der Waals surface area (Å²) < 4.78 is 24.9. The van der Waals surface area contributed by atoms with Crippen LogP contribution < -0.4 is 10.2 Å². The molecular formula is C26H32FN3O4. The Balaban J connectivity index is 1.58. The van der Waals surface area contributed by atoms with E-state index in [1.807, 2.05) is 42.0 Å². The molecule has 1 saturated heterocycles. The van der Waals surface area contributed by atoms with Crippen LogP contribution in [0.15, 0.2) is 42.5 Å². The minimum Gasteiger partial charge on any atom is -0.481 e. The summed E-state index contributed by atoms with van der Waals surface area (Å²) in [6.45, 7) is 8.49. The number of benzene rings is 2. The van der Waals surface area contributed by atoms with Crippen molar-refractivity contribution >= 4 is 11.8 Å².